The molecule has 1 N–H and O–H groups in total. The van der Waals surface area contributed by atoms with Gasteiger partial charge >= 0.3 is 5.69 Å². The van der Waals surface area contributed by atoms with Crippen molar-refractivity contribution >= 4 is 60.7 Å². The van der Waals surface area contributed by atoms with E-state index in [1.165, 1.54) is 0 Å². The maximum atomic E-state index is 11.0. The van der Waals surface area contributed by atoms with Crippen molar-refractivity contribution < 1.29 is 4.92 Å². The summed E-state index contributed by atoms with van der Waals surface area (Å²) in [4.78, 5) is 17.8. The number of benzene rings is 1. The van der Waals surface area contributed by atoms with Crippen molar-refractivity contribution in [2.75, 3.05) is 5.32 Å². The van der Waals surface area contributed by atoms with Gasteiger partial charge < -0.3 is 5.32 Å². The van der Waals surface area contributed by atoms with Gasteiger partial charge in [0.05, 0.1) is 10.6 Å². The van der Waals surface area contributed by atoms with E-state index in [1.54, 1.807) is 18.2 Å². The molecule has 98 valence electrons. The molecule has 0 unspecified atom stereocenters. The van der Waals surface area contributed by atoms with E-state index >= 15 is 0 Å². The summed E-state index contributed by atoms with van der Waals surface area (Å²) >= 11 is 12.4. The highest BCUT2D eigenvalue weighted by atomic mass is 79.9. The monoisotopic (exact) mass is 406 g/mol. The molecule has 0 saturated heterocycles. The van der Waals surface area contributed by atoms with Crippen molar-refractivity contribution in [3.63, 3.8) is 0 Å². The number of halogens is 3. The van der Waals surface area contributed by atoms with E-state index in [-0.39, 0.29) is 16.7 Å². The average Bonchev–Trinajstić information content (AvgIpc) is 2.32. The third-order valence-electron chi connectivity index (χ3n) is 2.14. The molecule has 0 aliphatic carbocycles. The van der Waals surface area contributed by atoms with Crippen molar-refractivity contribution in [1.82, 2.24) is 9.97 Å². The molecule has 1 aromatic carbocycles. The molecule has 1 aromatic heterocycles. The number of nitro groups is 1. The molecule has 0 amide bonds. The first-order valence-electron chi connectivity index (χ1n) is 4.86. The molecule has 0 aliphatic heterocycles. The van der Waals surface area contributed by atoms with Gasteiger partial charge in [-0.05, 0) is 34.1 Å². The van der Waals surface area contributed by atoms with Crippen LogP contribution in [0, 0.1) is 10.1 Å². The topological polar surface area (TPSA) is 81.0 Å². The van der Waals surface area contributed by atoms with E-state index in [9.17, 15) is 10.1 Å². The number of anilines is 2. The van der Waals surface area contributed by atoms with E-state index in [2.05, 4.69) is 47.1 Å². The predicted molar refractivity (Wildman–Crippen MR) is 78.8 cm³/mol. The lowest BCUT2D eigenvalue weighted by Crippen LogP contribution is -2.02. The first-order valence-corrected chi connectivity index (χ1v) is 6.82. The Bertz CT molecular complexity index is 653. The second-order valence-electron chi connectivity index (χ2n) is 3.37. The highest BCUT2D eigenvalue weighted by Gasteiger charge is 2.22. The molecule has 2 aromatic rings. The molecule has 0 aliphatic rings. The van der Waals surface area contributed by atoms with E-state index in [4.69, 9.17) is 11.6 Å². The van der Waals surface area contributed by atoms with Crippen LogP contribution in [0.5, 0.6) is 0 Å². The SMILES string of the molecule is O=[N+]([O-])c1c(Cl)ncnc1Nc1ccc(Br)cc1Br. The molecule has 19 heavy (non-hydrogen) atoms. The first kappa shape index (κ1) is 14.2. The third-order valence-corrected chi connectivity index (χ3v) is 3.57. The van der Waals surface area contributed by atoms with Gasteiger partial charge in [-0.15, -0.1) is 0 Å². The van der Waals surface area contributed by atoms with Crippen LogP contribution < -0.4 is 5.32 Å². The van der Waals surface area contributed by atoms with Crippen molar-refractivity contribution in [3.05, 3.63) is 48.7 Å². The van der Waals surface area contributed by atoms with E-state index in [0.29, 0.717) is 5.69 Å². The lowest BCUT2D eigenvalue weighted by Gasteiger charge is -2.08. The van der Waals surface area contributed by atoms with Crippen LogP contribution in [0.15, 0.2) is 33.5 Å². The molecule has 0 spiro atoms. The quantitative estimate of drug-likeness (QED) is 0.465. The Morgan fingerprint density at radius 1 is 1.32 bits per heavy atom. The molecule has 0 bridgehead atoms. The molecule has 1 heterocycles. The Hall–Kier alpha value is -1.25. The van der Waals surface area contributed by atoms with Gasteiger partial charge in [-0.1, -0.05) is 27.5 Å². The zero-order valence-electron chi connectivity index (χ0n) is 9.10. The Labute approximate surface area is 129 Å². The Morgan fingerprint density at radius 3 is 2.68 bits per heavy atom. The van der Waals surface area contributed by atoms with Crippen LogP contribution in [-0.4, -0.2) is 14.9 Å². The van der Waals surface area contributed by atoms with Gasteiger partial charge in [0.25, 0.3) is 0 Å². The molecule has 6 nitrogen and oxygen atoms in total. The van der Waals surface area contributed by atoms with Gasteiger partial charge in [0.15, 0.2) is 0 Å². The van der Waals surface area contributed by atoms with Crippen LogP contribution in [0.2, 0.25) is 5.15 Å². The maximum absolute atomic E-state index is 11.0. The Balaban J connectivity index is 2.44. The average molecular weight is 408 g/mol. The fourth-order valence-corrected chi connectivity index (χ4v) is 2.68. The minimum atomic E-state index is -0.628. The van der Waals surface area contributed by atoms with Gasteiger partial charge in [0, 0.05) is 8.95 Å². The molecule has 0 radical (unpaired) electrons. The van der Waals surface area contributed by atoms with Gasteiger partial charge in [0.1, 0.15) is 6.33 Å². The molecule has 9 heteroatoms. The highest BCUT2D eigenvalue weighted by Crippen LogP contribution is 2.33. The lowest BCUT2D eigenvalue weighted by molar-refractivity contribution is -0.384. The van der Waals surface area contributed by atoms with E-state index in [0.717, 1.165) is 15.3 Å². The minimum absolute atomic E-state index is 0.0352. The Kier molecular flexibility index (Phi) is 4.33. The zero-order valence-corrected chi connectivity index (χ0v) is 13.0. The van der Waals surface area contributed by atoms with Crippen molar-refractivity contribution in [3.8, 4) is 0 Å². The fraction of sp³-hybridized carbons (Fsp3) is 0. The maximum Gasteiger partial charge on any atom is 0.348 e. The number of rotatable bonds is 3. The van der Waals surface area contributed by atoms with Crippen LogP contribution in [0.4, 0.5) is 17.2 Å². The normalized spacial score (nSPS) is 10.3. The summed E-state index contributed by atoms with van der Waals surface area (Å²) in [5.74, 6) is 0.0352. The standard InChI is InChI=1S/C10H5Br2ClN4O2/c11-5-1-2-7(6(12)3-5)16-10-8(17(18)19)9(13)14-4-15-10/h1-4H,(H,14,15,16). The first-order chi connectivity index (χ1) is 8.99. The Morgan fingerprint density at radius 2 is 2.05 bits per heavy atom. The molecular weight excluding hydrogens is 403 g/mol. The fourth-order valence-electron chi connectivity index (χ4n) is 1.33. The second kappa shape index (κ2) is 5.81. The summed E-state index contributed by atoms with van der Waals surface area (Å²) < 4.78 is 1.60. The van der Waals surface area contributed by atoms with Crippen molar-refractivity contribution in [2.24, 2.45) is 0 Å². The lowest BCUT2D eigenvalue weighted by atomic mass is 10.3. The number of hydrogen-bond donors (Lipinski definition) is 1. The van der Waals surface area contributed by atoms with Crippen LogP contribution in [0.3, 0.4) is 0 Å². The summed E-state index contributed by atoms with van der Waals surface area (Å²) in [6.07, 6.45) is 1.16. The molecule has 0 saturated carbocycles. The number of nitrogens with zero attached hydrogens (tertiary/aromatic N) is 3. The van der Waals surface area contributed by atoms with E-state index < -0.39 is 4.92 Å². The third kappa shape index (κ3) is 3.20. The van der Waals surface area contributed by atoms with Gasteiger partial charge in [-0.3, -0.25) is 10.1 Å². The van der Waals surface area contributed by atoms with Crippen LogP contribution in [0.25, 0.3) is 0 Å². The summed E-state index contributed by atoms with van der Waals surface area (Å²) in [5.41, 5.74) is 0.264. The zero-order chi connectivity index (χ0) is 14.0. The minimum Gasteiger partial charge on any atom is -0.333 e. The van der Waals surface area contributed by atoms with Crippen molar-refractivity contribution in [1.29, 1.82) is 0 Å². The largest absolute Gasteiger partial charge is 0.348 e. The smallest absolute Gasteiger partial charge is 0.333 e. The highest BCUT2D eigenvalue weighted by molar-refractivity contribution is 9.11. The summed E-state index contributed by atoms with van der Waals surface area (Å²) in [6.45, 7) is 0. The van der Waals surface area contributed by atoms with Gasteiger partial charge in [-0.25, -0.2) is 9.97 Å². The van der Waals surface area contributed by atoms with Crippen LogP contribution >= 0.6 is 43.5 Å². The van der Waals surface area contributed by atoms with Gasteiger partial charge in [0.2, 0.25) is 11.0 Å². The molecule has 0 fully saturated rings. The van der Waals surface area contributed by atoms with E-state index in [1.807, 2.05) is 0 Å². The molecule has 0 atom stereocenters. The summed E-state index contributed by atoms with van der Waals surface area (Å²) in [5, 5.41) is 13.6. The van der Waals surface area contributed by atoms with Gasteiger partial charge in [-0.2, -0.15) is 0 Å². The number of nitrogens with one attached hydrogen (secondary N) is 1. The van der Waals surface area contributed by atoms with Crippen molar-refractivity contribution in [2.45, 2.75) is 0 Å². The van der Waals surface area contributed by atoms with Crippen LogP contribution in [0.1, 0.15) is 0 Å². The summed E-state index contributed by atoms with van der Waals surface area (Å²) in [6, 6.07) is 5.34. The summed E-state index contributed by atoms with van der Waals surface area (Å²) in [7, 11) is 0. The van der Waals surface area contributed by atoms with Crippen LogP contribution in [-0.2, 0) is 0 Å². The number of hydrogen-bond acceptors (Lipinski definition) is 5. The molecule has 2 rings (SSSR count). The molecular formula is C10H5Br2ClN4O2. The number of aromatic nitrogens is 2. The predicted octanol–water partition coefficient (Wildman–Crippen LogP) is 4.31. The second-order valence-corrected chi connectivity index (χ2v) is 5.50.